The highest BCUT2D eigenvalue weighted by Gasteiger charge is 2.25. The summed E-state index contributed by atoms with van der Waals surface area (Å²) in [4.78, 5) is 11.4. The Kier molecular flexibility index (Phi) is 4.30. The van der Waals surface area contributed by atoms with Crippen LogP contribution in [0.15, 0.2) is 17.0 Å². The summed E-state index contributed by atoms with van der Waals surface area (Å²) in [6.07, 6.45) is 2.53. The van der Waals surface area contributed by atoms with Gasteiger partial charge in [0.05, 0.1) is 15.6 Å². The van der Waals surface area contributed by atoms with Crippen LogP contribution in [0.2, 0.25) is 10.0 Å². The predicted octanol–water partition coefficient (Wildman–Crippen LogP) is 3.63. The molecule has 4 nitrogen and oxygen atoms in total. The minimum absolute atomic E-state index is 0.0144. The standard InChI is InChI=1S/C11H9Cl3O4S/c12-8-4-6(11(15)18-7-2-1-3-7)5-9(10(8)13)19(14,16)17/h4-5,7H,1-3H2. The van der Waals surface area contributed by atoms with E-state index in [-0.39, 0.29) is 21.7 Å². The molecular weight excluding hydrogens is 335 g/mol. The molecule has 1 aromatic carbocycles. The lowest BCUT2D eigenvalue weighted by Crippen LogP contribution is -2.25. The molecular formula is C11H9Cl3O4S. The Hall–Kier alpha value is -0.490. The Labute approximate surface area is 125 Å². The van der Waals surface area contributed by atoms with E-state index in [4.69, 9.17) is 38.6 Å². The molecule has 1 fully saturated rings. The molecule has 1 aliphatic rings. The second-order valence-corrected chi connectivity index (χ2v) is 7.49. The van der Waals surface area contributed by atoms with Crippen molar-refractivity contribution < 1.29 is 17.9 Å². The first kappa shape index (κ1) is 14.9. The minimum atomic E-state index is -4.08. The van der Waals surface area contributed by atoms with Gasteiger partial charge < -0.3 is 4.74 Å². The lowest BCUT2D eigenvalue weighted by atomic mass is 9.96. The lowest BCUT2D eigenvalue weighted by molar-refractivity contribution is 0.00898. The van der Waals surface area contributed by atoms with Crippen molar-refractivity contribution in [3.8, 4) is 0 Å². The van der Waals surface area contributed by atoms with Gasteiger partial charge in [0.25, 0.3) is 9.05 Å². The van der Waals surface area contributed by atoms with E-state index in [1.807, 2.05) is 0 Å². The van der Waals surface area contributed by atoms with E-state index >= 15 is 0 Å². The Morgan fingerprint density at radius 2 is 1.89 bits per heavy atom. The molecule has 0 heterocycles. The fourth-order valence-electron chi connectivity index (χ4n) is 1.57. The van der Waals surface area contributed by atoms with E-state index < -0.39 is 19.9 Å². The van der Waals surface area contributed by atoms with Crippen molar-refractivity contribution in [2.24, 2.45) is 0 Å². The number of rotatable bonds is 3. The van der Waals surface area contributed by atoms with E-state index in [1.165, 1.54) is 6.07 Å². The van der Waals surface area contributed by atoms with Crippen molar-refractivity contribution in [1.82, 2.24) is 0 Å². The zero-order valence-electron chi connectivity index (χ0n) is 9.53. The molecule has 0 atom stereocenters. The Bertz CT molecular complexity index is 623. The third-order valence-electron chi connectivity index (χ3n) is 2.82. The highest BCUT2D eigenvalue weighted by molar-refractivity contribution is 8.13. The third kappa shape index (κ3) is 3.34. The number of benzene rings is 1. The van der Waals surface area contributed by atoms with Crippen LogP contribution >= 0.6 is 33.9 Å². The van der Waals surface area contributed by atoms with Crippen molar-refractivity contribution in [2.75, 3.05) is 0 Å². The highest BCUT2D eigenvalue weighted by Crippen LogP contribution is 2.33. The smallest absolute Gasteiger partial charge is 0.338 e. The molecule has 0 aliphatic heterocycles. The molecule has 0 spiro atoms. The number of carbonyl (C=O) groups is 1. The van der Waals surface area contributed by atoms with E-state index in [0.717, 1.165) is 25.3 Å². The van der Waals surface area contributed by atoms with Crippen LogP contribution in [0.1, 0.15) is 29.6 Å². The molecule has 19 heavy (non-hydrogen) atoms. The second kappa shape index (κ2) is 5.48. The van der Waals surface area contributed by atoms with Gasteiger partial charge in [-0.25, -0.2) is 13.2 Å². The topological polar surface area (TPSA) is 60.4 Å². The summed E-state index contributed by atoms with van der Waals surface area (Å²) in [5, 5.41) is -0.277. The molecule has 2 rings (SSSR count). The van der Waals surface area contributed by atoms with Crippen LogP contribution in [0.3, 0.4) is 0 Å². The minimum Gasteiger partial charge on any atom is -0.459 e. The summed E-state index contributed by atoms with van der Waals surface area (Å²) in [6.45, 7) is 0. The van der Waals surface area contributed by atoms with Gasteiger partial charge in [0.15, 0.2) is 0 Å². The zero-order chi connectivity index (χ0) is 14.2. The first-order chi connectivity index (χ1) is 8.79. The quantitative estimate of drug-likeness (QED) is 0.621. The molecule has 0 radical (unpaired) electrons. The summed E-state index contributed by atoms with van der Waals surface area (Å²) < 4.78 is 27.8. The van der Waals surface area contributed by atoms with Crippen LogP contribution in [0.25, 0.3) is 0 Å². The number of carbonyl (C=O) groups excluding carboxylic acids is 1. The molecule has 0 aromatic heterocycles. The van der Waals surface area contributed by atoms with E-state index in [9.17, 15) is 13.2 Å². The number of halogens is 3. The van der Waals surface area contributed by atoms with Crippen LogP contribution < -0.4 is 0 Å². The molecule has 104 valence electrons. The van der Waals surface area contributed by atoms with Gasteiger partial charge in [-0.15, -0.1) is 0 Å². The number of hydrogen-bond donors (Lipinski definition) is 0. The lowest BCUT2D eigenvalue weighted by Gasteiger charge is -2.25. The first-order valence-electron chi connectivity index (χ1n) is 5.43. The van der Waals surface area contributed by atoms with Crippen molar-refractivity contribution in [2.45, 2.75) is 30.3 Å². The van der Waals surface area contributed by atoms with Gasteiger partial charge in [0, 0.05) is 10.7 Å². The fraction of sp³-hybridized carbons (Fsp3) is 0.364. The van der Waals surface area contributed by atoms with Gasteiger partial charge in [-0.05, 0) is 31.4 Å². The molecule has 0 N–H and O–H groups in total. The van der Waals surface area contributed by atoms with Gasteiger partial charge >= 0.3 is 5.97 Å². The molecule has 1 aromatic rings. The maximum atomic E-state index is 11.8. The van der Waals surface area contributed by atoms with Crippen LogP contribution in [0.5, 0.6) is 0 Å². The molecule has 1 saturated carbocycles. The Morgan fingerprint density at radius 3 is 2.37 bits per heavy atom. The molecule has 0 unspecified atom stereocenters. The third-order valence-corrected chi connectivity index (χ3v) is 5.08. The molecule has 0 bridgehead atoms. The van der Waals surface area contributed by atoms with E-state index in [0.29, 0.717) is 0 Å². The van der Waals surface area contributed by atoms with Crippen LogP contribution in [0, 0.1) is 0 Å². The molecule has 1 aliphatic carbocycles. The highest BCUT2D eigenvalue weighted by atomic mass is 35.7. The van der Waals surface area contributed by atoms with Crippen LogP contribution in [0.4, 0.5) is 0 Å². The normalized spacial score (nSPS) is 15.9. The SMILES string of the molecule is O=C(OC1CCC1)c1cc(Cl)c(Cl)c(S(=O)(=O)Cl)c1. The molecule has 8 heteroatoms. The summed E-state index contributed by atoms with van der Waals surface area (Å²) in [5.74, 6) is -0.634. The number of esters is 1. The van der Waals surface area contributed by atoms with E-state index in [2.05, 4.69) is 0 Å². The maximum Gasteiger partial charge on any atom is 0.338 e. The van der Waals surface area contributed by atoms with Gasteiger partial charge in [-0.2, -0.15) is 0 Å². The van der Waals surface area contributed by atoms with Gasteiger partial charge in [0.1, 0.15) is 11.0 Å². The number of ether oxygens (including phenoxy) is 1. The fourth-order valence-corrected chi connectivity index (χ4v) is 3.33. The van der Waals surface area contributed by atoms with Crippen molar-refractivity contribution in [3.63, 3.8) is 0 Å². The molecule has 0 amide bonds. The second-order valence-electron chi connectivity index (χ2n) is 4.17. The van der Waals surface area contributed by atoms with Gasteiger partial charge in [0.2, 0.25) is 0 Å². The van der Waals surface area contributed by atoms with Crippen molar-refractivity contribution in [3.05, 3.63) is 27.7 Å². The zero-order valence-corrected chi connectivity index (χ0v) is 12.6. The van der Waals surface area contributed by atoms with Crippen LogP contribution in [-0.2, 0) is 13.8 Å². The summed E-state index contributed by atoms with van der Waals surface area (Å²) in [6, 6.07) is 2.33. The van der Waals surface area contributed by atoms with Gasteiger partial charge in [-0.1, -0.05) is 23.2 Å². The largest absolute Gasteiger partial charge is 0.459 e. The predicted molar refractivity (Wildman–Crippen MR) is 72.6 cm³/mol. The van der Waals surface area contributed by atoms with Crippen LogP contribution in [-0.4, -0.2) is 20.5 Å². The van der Waals surface area contributed by atoms with Crippen molar-refractivity contribution in [1.29, 1.82) is 0 Å². The first-order valence-corrected chi connectivity index (χ1v) is 8.50. The summed E-state index contributed by atoms with van der Waals surface area (Å²) in [7, 11) is 1.15. The Balaban J connectivity index is 2.36. The van der Waals surface area contributed by atoms with Crippen molar-refractivity contribution >= 4 is 48.9 Å². The maximum absolute atomic E-state index is 11.8. The molecule has 0 saturated heterocycles. The summed E-state index contributed by atoms with van der Waals surface area (Å²) in [5.41, 5.74) is 0.0144. The number of hydrogen-bond acceptors (Lipinski definition) is 4. The average Bonchev–Trinajstić information content (AvgIpc) is 2.25. The average molecular weight is 344 g/mol. The monoisotopic (exact) mass is 342 g/mol. The summed E-state index contributed by atoms with van der Waals surface area (Å²) >= 11 is 11.5. The van der Waals surface area contributed by atoms with Gasteiger partial charge in [-0.3, -0.25) is 0 Å². The van der Waals surface area contributed by atoms with E-state index in [1.54, 1.807) is 0 Å². The Morgan fingerprint density at radius 1 is 1.26 bits per heavy atom.